The van der Waals surface area contributed by atoms with Crippen LogP contribution < -0.4 is 10.5 Å². The van der Waals surface area contributed by atoms with E-state index < -0.39 is 0 Å². The van der Waals surface area contributed by atoms with Crippen molar-refractivity contribution in [1.29, 1.82) is 0 Å². The third-order valence-corrected chi connectivity index (χ3v) is 3.85. The molecule has 2 aromatic rings. The summed E-state index contributed by atoms with van der Waals surface area (Å²) in [6, 6.07) is 8.67. The van der Waals surface area contributed by atoms with Gasteiger partial charge in [0.15, 0.2) is 5.84 Å². The third-order valence-electron chi connectivity index (χ3n) is 2.33. The van der Waals surface area contributed by atoms with Crippen LogP contribution in [0.15, 0.2) is 35.5 Å². The third kappa shape index (κ3) is 3.53. The van der Waals surface area contributed by atoms with E-state index in [9.17, 15) is 0 Å². The Morgan fingerprint density at radius 1 is 1.32 bits per heavy atom. The van der Waals surface area contributed by atoms with E-state index in [-0.39, 0.29) is 5.84 Å². The van der Waals surface area contributed by atoms with Crippen LogP contribution in [-0.2, 0) is 6.61 Å². The molecular formula is C12H10Cl2N2O2S. The summed E-state index contributed by atoms with van der Waals surface area (Å²) in [6.45, 7) is 0.413. The van der Waals surface area contributed by atoms with Crippen LogP contribution in [0.5, 0.6) is 5.75 Å². The Labute approximate surface area is 124 Å². The summed E-state index contributed by atoms with van der Waals surface area (Å²) in [6.07, 6.45) is 0. The fourth-order valence-electron chi connectivity index (χ4n) is 1.43. The minimum absolute atomic E-state index is 0.0402. The van der Waals surface area contributed by atoms with E-state index in [0.29, 0.717) is 22.9 Å². The Hall–Kier alpha value is -1.43. The Bertz CT molecular complexity index is 614. The Morgan fingerprint density at radius 2 is 2.11 bits per heavy atom. The molecule has 0 bridgehead atoms. The number of thiophene rings is 1. The van der Waals surface area contributed by atoms with Gasteiger partial charge in [-0.1, -0.05) is 28.4 Å². The van der Waals surface area contributed by atoms with Gasteiger partial charge in [-0.15, -0.1) is 11.3 Å². The predicted molar refractivity (Wildman–Crippen MR) is 77.6 cm³/mol. The molecule has 0 unspecified atom stereocenters. The summed E-state index contributed by atoms with van der Waals surface area (Å²) in [7, 11) is 0. The Morgan fingerprint density at radius 3 is 2.68 bits per heavy atom. The molecule has 0 saturated heterocycles. The van der Waals surface area contributed by atoms with Gasteiger partial charge in [0.25, 0.3) is 0 Å². The summed E-state index contributed by atoms with van der Waals surface area (Å²) in [5.74, 6) is 0.561. The zero-order valence-electron chi connectivity index (χ0n) is 9.64. The average Bonchev–Trinajstić information content (AvgIpc) is 2.81. The highest BCUT2D eigenvalue weighted by atomic mass is 35.5. The first-order valence-electron chi connectivity index (χ1n) is 5.24. The Balaban J connectivity index is 2.08. The fourth-order valence-corrected chi connectivity index (χ4v) is 2.70. The number of amidine groups is 1. The fraction of sp³-hybridized carbons (Fsp3) is 0.0833. The molecule has 0 radical (unpaired) electrons. The molecule has 0 fully saturated rings. The summed E-state index contributed by atoms with van der Waals surface area (Å²) < 4.78 is 6.30. The summed E-state index contributed by atoms with van der Waals surface area (Å²) in [5.41, 5.74) is 5.93. The number of hydrogen-bond donors (Lipinski definition) is 2. The van der Waals surface area contributed by atoms with Crippen molar-refractivity contribution in [2.45, 2.75) is 6.61 Å². The largest absolute Gasteiger partial charge is 0.488 e. The van der Waals surface area contributed by atoms with Crippen LogP contribution in [0.3, 0.4) is 0 Å². The average molecular weight is 317 g/mol. The summed E-state index contributed by atoms with van der Waals surface area (Å²) in [4.78, 5) is 1.02. The summed E-state index contributed by atoms with van der Waals surface area (Å²) >= 11 is 13.3. The number of hydrogen-bond acceptors (Lipinski definition) is 4. The van der Waals surface area contributed by atoms with Gasteiger partial charge in [-0.05, 0) is 30.3 Å². The summed E-state index contributed by atoms with van der Waals surface area (Å²) in [5, 5.41) is 11.9. The lowest BCUT2D eigenvalue weighted by Crippen LogP contribution is -2.13. The molecule has 1 heterocycles. The van der Waals surface area contributed by atoms with E-state index in [4.69, 9.17) is 38.9 Å². The van der Waals surface area contributed by atoms with E-state index in [2.05, 4.69) is 5.16 Å². The molecule has 0 aliphatic heterocycles. The first-order chi connectivity index (χ1) is 9.10. The lowest BCUT2D eigenvalue weighted by atomic mass is 10.2. The number of rotatable bonds is 4. The number of nitrogens with two attached hydrogens (primary N) is 1. The van der Waals surface area contributed by atoms with Crippen molar-refractivity contribution < 1.29 is 9.94 Å². The number of ether oxygens (including phenoxy) is 1. The van der Waals surface area contributed by atoms with Gasteiger partial charge in [0.1, 0.15) is 12.4 Å². The van der Waals surface area contributed by atoms with Gasteiger partial charge in [-0.25, -0.2) is 0 Å². The van der Waals surface area contributed by atoms with Gasteiger partial charge in [-0.2, -0.15) is 0 Å². The van der Waals surface area contributed by atoms with Crippen molar-refractivity contribution >= 4 is 40.4 Å². The van der Waals surface area contributed by atoms with Crippen molar-refractivity contribution in [2.24, 2.45) is 10.9 Å². The first kappa shape index (κ1) is 14.0. The van der Waals surface area contributed by atoms with Crippen LogP contribution in [0.4, 0.5) is 0 Å². The van der Waals surface area contributed by atoms with E-state index in [0.717, 1.165) is 9.21 Å². The van der Waals surface area contributed by atoms with E-state index in [1.165, 1.54) is 11.3 Å². The van der Waals surface area contributed by atoms with Gasteiger partial charge in [0.05, 0.1) is 9.36 Å². The zero-order chi connectivity index (χ0) is 13.8. The lowest BCUT2D eigenvalue weighted by molar-refractivity contribution is 0.309. The topological polar surface area (TPSA) is 67.8 Å². The molecule has 0 aliphatic carbocycles. The number of oxime groups is 1. The molecule has 2 rings (SSSR count). The molecule has 0 amide bonds. The molecule has 1 aromatic heterocycles. The van der Waals surface area contributed by atoms with Crippen molar-refractivity contribution in [1.82, 2.24) is 0 Å². The quantitative estimate of drug-likeness (QED) is 0.391. The predicted octanol–water partition coefficient (Wildman–Crippen LogP) is 3.73. The van der Waals surface area contributed by atoms with Gasteiger partial charge < -0.3 is 15.7 Å². The van der Waals surface area contributed by atoms with Crippen LogP contribution in [0.1, 0.15) is 10.4 Å². The van der Waals surface area contributed by atoms with Crippen LogP contribution in [0.2, 0.25) is 9.36 Å². The molecule has 100 valence electrons. The zero-order valence-corrected chi connectivity index (χ0v) is 12.0. The molecule has 19 heavy (non-hydrogen) atoms. The monoisotopic (exact) mass is 316 g/mol. The molecule has 0 aliphatic rings. The maximum absolute atomic E-state index is 8.60. The van der Waals surface area contributed by atoms with Crippen LogP contribution >= 0.6 is 34.5 Å². The van der Waals surface area contributed by atoms with Crippen LogP contribution in [-0.4, -0.2) is 11.0 Å². The van der Waals surface area contributed by atoms with Gasteiger partial charge in [-0.3, -0.25) is 0 Å². The van der Waals surface area contributed by atoms with Crippen molar-refractivity contribution in [3.05, 3.63) is 50.1 Å². The number of halogens is 2. The number of benzene rings is 1. The van der Waals surface area contributed by atoms with Crippen molar-refractivity contribution in [2.75, 3.05) is 0 Å². The highest BCUT2D eigenvalue weighted by Crippen LogP contribution is 2.25. The lowest BCUT2D eigenvalue weighted by Gasteiger charge is -2.07. The molecule has 0 atom stereocenters. The highest BCUT2D eigenvalue weighted by Gasteiger charge is 2.07. The standard InChI is InChI=1S/C12H10Cl2N2O2S/c13-10-5-7(1-3-9(10)12(15)16-17)18-6-8-2-4-11(14)19-8/h1-5,17H,6H2,(H2,15,16). The Kier molecular flexibility index (Phi) is 4.52. The maximum Gasteiger partial charge on any atom is 0.171 e. The minimum atomic E-state index is -0.0402. The molecule has 3 N–H and O–H groups in total. The minimum Gasteiger partial charge on any atom is -0.488 e. The van der Waals surface area contributed by atoms with E-state index in [1.807, 2.05) is 12.1 Å². The van der Waals surface area contributed by atoms with Gasteiger partial charge >= 0.3 is 0 Å². The smallest absolute Gasteiger partial charge is 0.171 e. The second-order valence-corrected chi connectivity index (χ2v) is 5.83. The second kappa shape index (κ2) is 6.14. The SMILES string of the molecule is N/C(=N/O)c1ccc(OCc2ccc(Cl)s2)cc1Cl. The normalized spacial score (nSPS) is 11.6. The van der Waals surface area contributed by atoms with Crippen LogP contribution in [0.25, 0.3) is 0 Å². The maximum atomic E-state index is 8.60. The van der Waals surface area contributed by atoms with Gasteiger partial charge in [0, 0.05) is 10.4 Å². The van der Waals surface area contributed by atoms with Crippen molar-refractivity contribution in [3.8, 4) is 5.75 Å². The van der Waals surface area contributed by atoms with Gasteiger partial charge in [0.2, 0.25) is 0 Å². The van der Waals surface area contributed by atoms with Crippen molar-refractivity contribution in [3.63, 3.8) is 0 Å². The molecule has 1 aromatic carbocycles. The second-order valence-electron chi connectivity index (χ2n) is 3.62. The molecule has 7 heteroatoms. The highest BCUT2D eigenvalue weighted by molar-refractivity contribution is 7.16. The number of nitrogens with zero attached hydrogens (tertiary/aromatic N) is 1. The molecular weight excluding hydrogens is 307 g/mol. The molecule has 4 nitrogen and oxygen atoms in total. The molecule has 0 spiro atoms. The first-order valence-corrected chi connectivity index (χ1v) is 6.82. The molecule has 0 saturated carbocycles. The van der Waals surface area contributed by atoms with Crippen LogP contribution in [0, 0.1) is 0 Å². The van der Waals surface area contributed by atoms with E-state index >= 15 is 0 Å². The van der Waals surface area contributed by atoms with E-state index in [1.54, 1.807) is 18.2 Å².